The van der Waals surface area contributed by atoms with Gasteiger partial charge in [-0.15, -0.1) is 24.9 Å². The van der Waals surface area contributed by atoms with Crippen LogP contribution in [0.1, 0.15) is 57.4 Å². The first-order valence-electron chi connectivity index (χ1n) is 14.9. The molecule has 1 aromatic carbocycles. The van der Waals surface area contributed by atoms with E-state index in [-0.39, 0.29) is 29.6 Å². The Morgan fingerprint density at radius 3 is 2.48 bits per heavy atom. The number of amides is 3. The fourth-order valence-electron chi connectivity index (χ4n) is 6.92. The normalized spacial score (nSPS) is 26.6. The first-order valence-corrected chi connectivity index (χ1v) is 15.7. The first kappa shape index (κ1) is 30.4. The predicted molar refractivity (Wildman–Crippen MR) is 161 cm³/mol. The molecule has 2 unspecified atom stereocenters. The Morgan fingerprint density at radius 1 is 1.07 bits per heavy atom. The zero-order valence-corrected chi connectivity index (χ0v) is 24.7. The third-order valence-corrected chi connectivity index (χ3v) is 10.6. The topological polar surface area (TPSA) is 81.2 Å². The number of unbranched alkanes of at least 4 members (excludes halogenated alkanes) is 3. The van der Waals surface area contributed by atoms with Crippen molar-refractivity contribution in [3.63, 3.8) is 0 Å². The van der Waals surface area contributed by atoms with Crippen LogP contribution in [0.3, 0.4) is 0 Å². The molecule has 4 rings (SSSR count). The largest absolute Gasteiger partial charge is 0.396 e. The standard InChI is InChI=1S/C32H45N3O4S/c1-4-7-11-20-33(18-5-2)31(39)28-32-17-16-25(40-32)26(27(32)30(38)35(28)21-12-13-22-36)29(37)34(19-6-3)23-24-14-9-8-10-15-24/h5-6,8-10,14-15,25-28,36H,2-4,7,11-13,16-23H2,1H3/t25-,26+,27+,28?,32?/m1/s1. The van der Waals surface area contributed by atoms with E-state index in [0.29, 0.717) is 45.6 Å². The number of fused-ring (bicyclic) bond motifs is 1. The average molecular weight is 568 g/mol. The molecule has 0 radical (unpaired) electrons. The van der Waals surface area contributed by atoms with Gasteiger partial charge in [0.25, 0.3) is 0 Å². The number of aliphatic hydroxyl groups is 1. The third-order valence-electron chi connectivity index (χ3n) is 8.70. The van der Waals surface area contributed by atoms with Crippen molar-refractivity contribution in [1.29, 1.82) is 0 Å². The number of likely N-dealkylation sites (tertiary alicyclic amines) is 1. The Hall–Kier alpha value is -2.58. The van der Waals surface area contributed by atoms with Gasteiger partial charge in [0.05, 0.1) is 16.6 Å². The highest BCUT2D eigenvalue weighted by molar-refractivity contribution is 8.02. The van der Waals surface area contributed by atoms with Gasteiger partial charge in [-0.05, 0) is 37.7 Å². The smallest absolute Gasteiger partial charge is 0.247 e. The van der Waals surface area contributed by atoms with Crippen LogP contribution in [0.2, 0.25) is 0 Å². The van der Waals surface area contributed by atoms with Gasteiger partial charge in [-0.25, -0.2) is 0 Å². The van der Waals surface area contributed by atoms with Crippen molar-refractivity contribution in [3.8, 4) is 0 Å². The summed E-state index contributed by atoms with van der Waals surface area (Å²) in [5.41, 5.74) is 1.03. The average Bonchev–Trinajstić information content (AvgIpc) is 3.60. The van der Waals surface area contributed by atoms with Crippen LogP contribution in [-0.4, -0.2) is 86.4 Å². The quantitative estimate of drug-likeness (QED) is 0.238. The maximum Gasteiger partial charge on any atom is 0.247 e. The molecule has 7 nitrogen and oxygen atoms in total. The summed E-state index contributed by atoms with van der Waals surface area (Å²) in [6.45, 7) is 12.3. The van der Waals surface area contributed by atoms with Crippen molar-refractivity contribution in [2.24, 2.45) is 11.8 Å². The summed E-state index contributed by atoms with van der Waals surface area (Å²) >= 11 is 1.72. The molecule has 218 valence electrons. The van der Waals surface area contributed by atoms with E-state index in [0.717, 1.165) is 37.7 Å². The molecule has 3 aliphatic rings. The van der Waals surface area contributed by atoms with Gasteiger partial charge < -0.3 is 19.8 Å². The highest BCUT2D eigenvalue weighted by Gasteiger charge is 2.73. The lowest BCUT2D eigenvalue weighted by Gasteiger charge is -2.37. The molecule has 0 saturated carbocycles. The SMILES string of the molecule is C=CCN(CCCCC)C(=O)C1N(CCCCO)C(=O)[C@@H]2[C@@H](C(=O)N(CC=C)Cc3ccccc3)[C@H]3CCC12S3. The van der Waals surface area contributed by atoms with Gasteiger partial charge in [-0.1, -0.05) is 62.2 Å². The highest BCUT2D eigenvalue weighted by atomic mass is 32.2. The predicted octanol–water partition coefficient (Wildman–Crippen LogP) is 4.27. The van der Waals surface area contributed by atoms with Crippen LogP contribution in [0, 0.1) is 11.8 Å². The molecule has 2 bridgehead atoms. The lowest BCUT2D eigenvalue weighted by atomic mass is 9.70. The molecule has 0 aliphatic carbocycles. The third kappa shape index (κ3) is 5.89. The number of hydrogen-bond acceptors (Lipinski definition) is 5. The van der Waals surface area contributed by atoms with E-state index in [4.69, 9.17) is 0 Å². The zero-order chi connectivity index (χ0) is 28.7. The number of aliphatic hydroxyl groups excluding tert-OH is 1. The minimum Gasteiger partial charge on any atom is -0.396 e. The van der Waals surface area contributed by atoms with Crippen LogP contribution in [0.15, 0.2) is 55.6 Å². The van der Waals surface area contributed by atoms with Gasteiger partial charge in [0, 0.05) is 44.6 Å². The van der Waals surface area contributed by atoms with E-state index < -0.39 is 22.6 Å². The van der Waals surface area contributed by atoms with Crippen LogP contribution in [0.4, 0.5) is 0 Å². The molecule has 1 aromatic rings. The van der Waals surface area contributed by atoms with Crippen LogP contribution in [0.5, 0.6) is 0 Å². The summed E-state index contributed by atoms with van der Waals surface area (Å²) in [6, 6.07) is 9.30. The van der Waals surface area contributed by atoms with E-state index in [2.05, 4.69) is 20.1 Å². The van der Waals surface area contributed by atoms with Gasteiger partial charge in [-0.3, -0.25) is 14.4 Å². The number of rotatable bonds is 16. The summed E-state index contributed by atoms with van der Waals surface area (Å²) in [4.78, 5) is 48.2. The zero-order valence-electron chi connectivity index (χ0n) is 23.9. The number of carbonyl (C=O) groups excluding carboxylic acids is 3. The van der Waals surface area contributed by atoms with Crippen LogP contribution >= 0.6 is 11.8 Å². The molecule has 40 heavy (non-hydrogen) atoms. The molecule has 8 heteroatoms. The van der Waals surface area contributed by atoms with Crippen molar-refractivity contribution >= 4 is 29.5 Å². The second-order valence-corrected chi connectivity index (χ2v) is 12.9. The fraction of sp³-hybridized carbons (Fsp3) is 0.594. The van der Waals surface area contributed by atoms with E-state index in [1.165, 1.54) is 0 Å². The number of carbonyl (C=O) groups is 3. The Bertz CT molecular complexity index is 1070. The highest BCUT2D eigenvalue weighted by Crippen LogP contribution is 2.66. The molecule has 3 fully saturated rings. The van der Waals surface area contributed by atoms with E-state index in [1.54, 1.807) is 28.8 Å². The van der Waals surface area contributed by atoms with Crippen molar-refractivity contribution in [3.05, 3.63) is 61.2 Å². The van der Waals surface area contributed by atoms with E-state index >= 15 is 0 Å². The van der Waals surface area contributed by atoms with E-state index in [9.17, 15) is 19.5 Å². The van der Waals surface area contributed by atoms with Gasteiger partial charge in [0.1, 0.15) is 6.04 Å². The van der Waals surface area contributed by atoms with Crippen molar-refractivity contribution < 1.29 is 19.5 Å². The summed E-state index contributed by atoms with van der Waals surface area (Å²) in [6.07, 6.45) is 9.27. The second-order valence-electron chi connectivity index (χ2n) is 11.3. The maximum atomic E-state index is 14.3. The van der Waals surface area contributed by atoms with Gasteiger partial charge in [0.2, 0.25) is 17.7 Å². The monoisotopic (exact) mass is 567 g/mol. The molecule has 3 amide bonds. The minimum atomic E-state index is -0.602. The van der Waals surface area contributed by atoms with Crippen molar-refractivity contribution in [1.82, 2.24) is 14.7 Å². The van der Waals surface area contributed by atoms with Gasteiger partial charge in [0.15, 0.2) is 0 Å². The number of hydrogen-bond donors (Lipinski definition) is 1. The van der Waals surface area contributed by atoms with Crippen LogP contribution in [0.25, 0.3) is 0 Å². The van der Waals surface area contributed by atoms with Crippen LogP contribution in [-0.2, 0) is 20.9 Å². The van der Waals surface area contributed by atoms with Crippen molar-refractivity contribution in [2.75, 3.05) is 32.8 Å². The summed E-state index contributed by atoms with van der Waals surface area (Å²) in [5.74, 6) is -1.09. The van der Waals surface area contributed by atoms with Crippen LogP contribution < -0.4 is 0 Å². The molecule has 5 atom stereocenters. The lowest BCUT2D eigenvalue weighted by Crippen LogP contribution is -2.55. The van der Waals surface area contributed by atoms with E-state index in [1.807, 2.05) is 40.1 Å². The second kappa shape index (κ2) is 13.9. The summed E-state index contributed by atoms with van der Waals surface area (Å²) < 4.78 is -0.602. The Morgan fingerprint density at radius 2 is 1.80 bits per heavy atom. The lowest BCUT2D eigenvalue weighted by molar-refractivity contribution is -0.145. The first-order chi connectivity index (χ1) is 19.4. The Balaban J connectivity index is 1.66. The van der Waals surface area contributed by atoms with Gasteiger partial charge in [-0.2, -0.15) is 0 Å². The van der Waals surface area contributed by atoms with Crippen molar-refractivity contribution in [2.45, 2.75) is 74.5 Å². The molecule has 3 saturated heterocycles. The molecule has 1 N–H and O–H groups in total. The molecular formula is C32H45N3O4S. The Kier molecular flexibility index (Phi) is 10.5. The molecule has 3 aliphatic heterocycles. The maximum absolute atomic E-state index is 14.3. The fourth-order valence-corrected chi connectivity index (χ4v) is 9.13. The Labute approximate surface area is 243 Å². The number of benzene rings is 1. The van der Waals surface area contributed by atoms with Gasteiger partial charge >= 0.3 is 0 Å². The number of nitrogens with zero attached hydrogens (tertiary/aromatic N) is 3. The minimum absolute atomic E-state index is 0.0181. The molecule has 3 heterocycles. The molecule has 0 aromatic heterocycles. The molecule has 1 spiro atoms. The number of thioether (sulfide) groups is 1. The summed E-state index contributed by atoms with van der Waals surface area (Å²) in [7, 11) is 0. The summed E-state index contributed by atoms with van der Waals surface area (Å²) in [5, 5.41) is 9.44. The molecular weight excluding hydrogens is 522 g/mol.